The first-order chi connectivity index (χ1) is 5.73. The van der Waals surface area contributed by atoms with Crippen molar-refractivity contribution < 1.29 is 13.0 Å². The summed E-state index contributed by atoms with van der Waals surface area (Å²) >= 11 is -1.75. The summed E-state index contributed by atoms with van der Waals surface area (Å²) in [6.07, 6.45) is 14.5. The molecule has 0 amide bonds. The van der Waals surface area contributed by atoms with Gasteiger partial charge < -0.3 is 0 Å². The molecule has 0 atom stereocenters. The molecule has 0 spiro atoms. The average Bonchev–Trinajstić information content (AvgIpc) is 1.82. The van der Waals surface area contributed by atoms with E-state index >= 15 is 0 Å². The van der Waals surface area contributed by atoms with Gasteiger partial charge in [0.15, 0.2) is 0 Å². The van der Waals surface area contributed by atoms with E-state index in [9.17, 15) is 0 Å². The van der Waals surface area contributed by atoms with E-state index in [2.05, 4.69) is 24.3 Å². The minimum absolute atomic E-state index is 1.11. The second-order valence-electron chi connectivity index (χ2n) is 2.15. The van der Waals surface area contributed by atoms with E-state index in [1.807, 2.05) is 0 Å². The molecule has 4 heteroatoms. The van der Waals surface area contributed by atoms with Gasteiger partial charge in [-0.15, -0.1) is 0 Å². The van der Waals surface area contributed by atoms with Crippen molar-refractivity contribution >= 4 is 29.1 Å². The first kappa shape index (κ1) is 13.0. The Morgan fingerprint density at radius 2 is 1.58 bits per heavy atom. The normalized spacial score (nSPS) is 17.1. The van der Waals surface area contributed by atoms with Crippen molar-refractivity contribution in [1.82, 2.24) is 0 Å². The van der Waals surface area contributed by atoms with Crippen LogP contribution in [0.25, 0.3) is 0 Å². The number of hydrogen-bond acceptors (Lipinski definition) is 0. The fourth-order valence-electron chi connectivity index (χ4n) is 0.786. The number of allylic oxidation sites excluding steroid dienone is 4. The van der Waals surface area contributed by atoms with Crippen LogP contribution >= 0.6 is 29.1 Å². The SMILES string of the molecule is [C]1=CCCC=CCC1.[Cl][Ru]([Cl])[Cl]. The van der Waals surface area contributed by atoms with Crippen molar-refractivity contribution in [3.63, 3.8) is 0 Å². The summed E-state index contributed by atoms with van der Waals surface area (Å²) in [4.78, 5) is 0. The van der Waals surface area contributed by atoms with Gasteiger partial charge in [-0.05, 0) is 31.8 Å². The Hall–Kier alpha value is 0.973. The van der Waals surface area contributed by atoms with Gasteiger partial charge in [-0.3, -0.25) is 0 Å². The summed E-state index contributed by atoms with van der Waals surface area (Å²) < 4.78 is 0. The van der Waals surface area contributed by atoms with E-state index in [0.717, 1.165) is 6.42 Å². The van der Waals surface area contributed by atoms with E-state index in [1.165, 1.54) is 19.3 Å². The van der Waals surface area contributed by atoms with Gasteiger partial charge in [0.2, 0.25) is 0 Å². The topological polar surface area (TPSA) is 0 Å². The Kier molecular flexibility index (Phi) is 10.9. The van der Waals surface area contributed by atoms with Gasteiger partial charge >= 0.3 is 42.1 Å². The molecule has 0 N–H and O–H groups in total. The first-order valence-corrected chi connectivity index (χ1v) is 10.3. The average molecular weight is 315 g/mol. The van der Waals surface area contributed by atoms with Crippen LogP contribution in [0.5, 0.6) is 0 Å². The van der Waals surface area contributed by atoms with Gasteiger partial charge in [0.1, 0.15) is 0 Å². The molecule has 1 aliphatic carbocycles. The van der Waals surface area contributed by atoms with Crippen LogP contribution in [-0.4, -0.2) is 0 Å². The Labute approximate surface area is 91.6 Å². The van der Waals surface area contributed by atoms with E-state index in [0.29, 0.717) is 0 Å². The van der Waals surface area contributed by atoms with Gasteiger partial charge in [-0.2, -0.15) is 0 Å². The Balaban J connectivity index is 0.000000261. The first-order valence-electron chi connectivity index (χ1n) is 3.60. The van der Waals surface area contributed by atoms with Crippen LogP contribution in [0.15, 0.2) is 18.2 Å². The van der Waals surface area contributed by atoms with E-state index in [-0.39, 0.29) is 0 Å². The van der Waals surface area contributed by atoms with Gasteiger partial charge in [-0.25, -0.2) is 0 Å². The standard InChI is InChI=1S/C8H11.3ClH.Ru/c1-2-4-6-8-7-5-3-1;;;;/h1-2,7H,3-6H2;3*1H;/q;;;;+3/p-3. The molecule has 0 heterocycles. The van der Waals surface area contributed by atoms with Gasteiger partial charge in [-0.1, -0.05) is 18.2 Å². The Morgan fingerprint density at radius 3 is 2.25 bits per heavy atom. The second-order valence-corrected chi connectivity index (χ2v) is 10.1. The van der Waals surface area contributed by atoms with Crippen molar-refractivity contribution in [3.8, 4) is 0 Å². The second kappa shape index (κ2) is 10.1. The van der Waals surface area contributed by atoms with Crippen LogP contribution in [0, 0.1) is 6.08 Å². The Morgan fingerprint density at radius 1 is 1.00 bits per heavy atom. The molecule has 12 heavy (non-hydrogen) atoms. The van der Waals surface area contributed by atoms with Crippen LogP contribution in [-0.2, 0) is 13.0 Å². The molecule has 0 unspecified atom stereocenters. The quantitative estimate of drug-likeness (QED) is 0.455. The van der Waals surface area contributed by atoms with Crippen LogP contribution in [0.3, 0.4) is 0 Å². The molecule has 0 nitrogen and oxygen atoms in total. The minimum atomic E-state index is -1.75. The summed E-state index contributed by atoms with van der Waals surface area (Å²) in [7, 11) is 14.8. The molecule has 0 aromatic carbocycles. The molecule has 0 saturated carbocycles. The molecule has 1 rings (SSSR count). The molecule has 0 aromatic rings. The summed E-state index contributed by atoms with van der Waals surface area (Å²) in [5.74, 6) is 0. The van der Waals surface area contributed by atoms with Crippen molar-refractivity contribution in [2.45, 2.75) is 25.7 Å². The van der Waals surface area contributed by atoms with Crippen molar-refractivity contribution in [2.75, 3.05) is 0 Å². The van der Waals surface area contributed by atoms with Crippen LogP contribution < -0.4 is 0 Å². The molecule has 1 aliphatic rings. The monoisotopic (exact) mass is 314 g/mol. The molecule has 0 bridgehead atoms. The maximum atomic E-state index is 4.95. The summed E-state index contributed by atoms with van der Waals surface area (Å²) in [5.41, 5.74) is 0. The molecule has 0 aliphatic heterocycles. The number of halogens is 3. The molecule has 0 saturated heterocycles. The summed E-state index contributed by atoms with van der Waals surface area (Å²) in [6, 6.07) is 0. The zero-order valence-electron chi connectivity index (χ0n) is 6.55. The fraction of sp³-hybridized carbons (Fsp3) is 0.500. The fourth-order valence-corrected chi connectivity index (χ4v) is 0.786. The predicted octanol–water partition coefficient (Wildman–Crippen LogP) is 4.54. The third kappa shape index (κ3) is 13.6. The van der Waals surface area contributed by atoms with E-state index < -0.39 is 13.0 Å². The third-order valence-electron chi connectivity index (χ3n) is 1.24. The van der Waals surface area contributed by atoms with Crippen molar-refractivity contribution in [2.24, 2.45) is 0 Å². The van der Waals surface area contributed by atoms with Crippen LogP contribution in [0.4, 0.5) is 0 Å². The van der Waals surface area contributed by atoms with Gasteiger partial charge in [0.25, 0.3) is 0 Å². The van der Waals surface area contributed by atoms with Crippen molar-refractivity contribution in [1.29, 1.82) is 0 Å². The molecule has 72 valence electrons. The maximum absolute atomic E-state index is 4.95. The van der Waals surface area contributed by atoms with E-state index in [4.69, 9.17) is 29.1 Å². The molecule has 0 aromatic heterocycles. The molecular weight excluding hydrogens is 304 g/mol. The molecular formula is C8H11Cl3Ru. The van der Waals surface area contributed by atoms with Gasteiger partial charge in [0, 0.05) is 0 Å². The zero-order chi connectivity index (χ0) is 9.23. The van der Waals surface area contributed by atoms with Gasteiger partial charge in [0.05, 0.1) is 0 Å². The zero-order valence-corrected chi connectivity index (χ0v) is 10.6. The molecule has 0 fully saturated rings. The van der Waals surface area contributed by atoms with E-state index in [1.54, 1.807) is 0 Å². The number of hydrogen-bond donors (Lipinski definition) is 0. The summed E-state index contributed by atoms with van der Waals surface area (Å²) in [6.45, 7) is 0. The van der Waals surface area contributed by atoms with Crippen LogP contribution in [0.1, 0.15) is 25.7 Å². The third-order valence-corrected chi connectivity index (χ3v) is 1.24. The predicted molar refractivity (Wildman–Crippen MR) is 53.0 cm³/mol. The summed E-state index contributed by atoms with van der Waals surface area (Å²) in [5, 5.41) is 0. The Bertz CT molecular complexity index is 114. The molecule has 1 radical (unpaired) electrons. The number of rotatable bonds is 0. The van der Waals surface area contributed by atoms with Crippen LogP contribution in [0.2, 0.25) is 0 Å². The van der Waals surface area contributed by atoms with Crippen molar-refractivity contribution in [3.05, 3.63) is 24.3 Å².